The molecule has 1 aliphatic rings. The van der Waals surface area contributed by atoms with Crippen molar-refractivity contribution in [3.8, 4) is 11.5 Å². The van der Waals surface area contributed by atoms with Crippen LogP contribution in [-0.2, 0) is 19.1 Å². The van der Waals surface area contributed by atoms with E-state index in [9.17, 15) is 9.59 Å². The van der Waals surface area contributed by atoms with Crippen LogP contribution in [-0.4, -0.2) is 63.4 Å². The van der Waals surface area contributed by atoms with Crippen molar-refractivity contribution in [1.82, 2.24) is 4.90 Å². The SMILES string of the molecule is COC(=O)CCN(CCOc1ccc(OC)cc1)C(=O)C1CCCO1. The summed E-state index contributed by atoms with van der Waals surface area (Å²) in [7, 11) is 2.94. The van der Waals surface area contributed by atoms with Crippen molar-refractivity contribution < 1.29 is 28.5 Å². The highest BCUT2D eigenvalue weighted by Gasteiger charge is 2.28. The molecule has 1 atom stereocenters. The molecule has 0 aliphatic carbocycles. The fourth-order valence-corrected chi connectivity index (χ4v) is 2.58. The van der Waals surface area contributed by atoms with Gasteiger partial charge in [-0.25, -0.2) is 0 Å². The van der Waals surface area contributed by atoms with Gasteiger partial charge in [0.05, 0.1) is 27.2 Å². The minimum Gasteiger partial charge on any atom is -0.497 e. The molecule has 0 N–H and O–H groups in total. The average molecular weight is 351 g/mol. The van der Waals surface area contributed by atoms with Crippen LogP contribution in [0.5, 0.6) is 11.5 Å². The second-order valence-electron chi connectivity index (χ2n) is 5.68. The van der Waals surface area contributed by atoms with E-state index in [1.54, 1.807) is 24.1 Å². The van der Waals surface area contributed by atoms with Gasteiger partial charge in [0.2, 0.25) is 0 Å². The lowest BCUT2D eigenvalue weighted by atomic mass is 10.2. The smallest absolute Gasteiger partial charge is 0.307 e. The highest BCUT2D eigenvalue weighted by atomic mass is 16.5. The van der Waals surface area contributed by atoms with E-state index in [0.717, 1.165) is 12.2 Å². The zero-order chi connectivity index (χ0) is 18.1. The summed E-state index contributed by atoms with van der Waals surface area (Å²) in [5.74, 6) is 1.000. The van der Waals surface area contributed by atoms with Crippen molar-refractivity contribution in [2.45, 2.75) is 25.4 Å². The summed E-state index contributed by atoms with van der Waals surface area (Å²) >= 11 is 0. The van der Waals surface area contributed by atoms with Crippen molar-refractivity contribution in [2.24, 2.45) is 0 Å². The molecule has 0 spiro atoms. The molecule has 1 heterocycles. The molecule has 1 saturated heterocycles. The Labute approximate surface area is 147 Å². The van der Waals surface area contributed by atoms with Crippen LogP contribution in [0.4, 0.5) is 0 Å². The maximum absolute atomic E-state index is 12.5. The Morgan fingerprint density at radius 3 is 2.48 bits per heavy atom. The molecule has 1 aromatic rings. The topological polar surface area (TPSA) is 74.3 Å². The zero-order valence-corrected chi connectivity index (χ0v) is 14.7. The minimum absolute atomic E-state index is 0.0975. The van der Waals surface area contributed by atoms with Crippen LogP contribution in [0.2, 0.25) is 0 Å². The number of rotatable bonds is 9. The number of methoxy groups -OCH3 is 2. The number of benzene rings is 1. The number of carbonyl (C=O) groups excluding carboxylic acids is 2. The molecule has 138 valence electrons. The highest BCUT2D eigenvalue weighted by molar-refractivity contribution is 5.81. The molecule has 0 bridgehead atoms. The van der Waals surface area contributed by atoms with Gasteiger partial charge in [-0.15, -0.1) is 0 Å². The first-order chi connectivity index (χ1) is 12.1. The number of esters is 1. The Morgan fingerprint density at radius 1 is 1.16 bits per heavy atom. The van der Waals surface area contributed by atoms with E-state index in [4.69, 9.17) is 14.2 Å². The molecule has 1 aliphatic heterocycles. The van der Waals surface area contributed by atoms with Crippen molar-refractivity contribution in [3.05, 3.63) is 24.3 Å². The highest BCUT2D eigenvalue weighted by Crippen LogP contribution is 2.18. The third-order valence-electron chi connectivity index (χ3n) is 4.02. The van der Waals surface area contributed by atoms with E-state index >= 15 is 0 Å². The van der Waals surface area contributed by atoms with Gasteiger partial charge < -0.3 is 23.8 Å². The summed E-state index contributed by atoms with van der Waals surface area (Å²) in [5.41, 5.74) is 0. The van der Waals surface area contributed by atoms with Gasteiger partial charge in [-0.1, -0.05) is 0 Å². The van der Waals surface area contributed by atoms with Gasteiger partial charge in [0.1, 0.15) is 24.2 Å². The number of hydrogen-bond acceptors (Lipinski definition) is 6. The third-order valence-corrected chi connectivity index (χ3v) is 4.02. The zero-order valence-electron chi connectivity index (χ0n) is 14.7. The predicted octanol–water partition coefficient (Wildman–Crippen LogP) is 1.64. The Hall–Kier alpha value is -2.28. The van der Waals surface area contributed by atoms with Gasteiger partial charge in [0, 0.05) is 13.2 Å². The first kappa shape index (κ1) is 19.1. The largest absolute Gasteiger partial charge is 0.497 e. The summed E-state index contributed by atoms with van der Waals surface area (Å²) in [6, 6.07) is 7.23. The van der Waals surface area contributed by atoms with Crippen LogP contribution in [0.15, 0.2) is 24.3 Å². The van der Waals surface area contributed by atoms with E-state index in [2.05, 4.69) is 4.74 Å². The molecule has 0 saturated carbocycles. The van der Waals surface area contributed by atoms with Gasteiger partial charge in [-0.3, -0.25) is 9.59 Å². The number of hydrogen-bond donors (Lipinski definition) is 0. The molecule has 1 aromatic carbocycles. The fourth-order valence-electron chi connectivity index (χ4n) is 2.58. The second kappa shape index (κ2) is 9.88. The Kier molecular flexibility index (Phi) is 7.53. The molecular formula is C18H25NO6. The first-order valence-corrected chi connectivity index (χ1v) is 8.38. The predicted molar refractivity (Wildman–Crippen MR) is 90.7 cm³/mol. The van der Waals surface area contributed by atoms with Gasteiger partial charge in [0.15, 0.2) is 0 Å². The van der Waals surface area contributed by atoms with E-state index in [1.807, 2.05) is 12.1 Å². The van der Waals surface area contributed by atoms with Crippen molar-refractivity contribution in [3.63, 3.8) is 0 Å². The third kappa shape index (κ3) is 5.94. The maximum Gasteiger partial charge on any atom is 0.307 e. The van der Waals surface area contributed by atoms with Crippen LogP contribution in [0.1, 0.15) is 19.3 Å². The van der Waals surface area contributed by atoms with Crippen LogP contribution < -0.4 is 9.47 Å². The molecule has 0 radical (unpaired) electrons. The van der Waals surface area contributed by atoms with E-state index in [-0.39, 0.29) is 24.8 Å². The van der Waals surface area contributed by atoms with Crippen LogP contribution >= 0.6 is 0 Å². The van der Waals surface area contributed by atoms with Gasteiger partial charge in [-0.2, -0.15) is 0 Å². The normalized spacial score (nSPS) is 16.3. The first-order valence-electron chi connectivity index (χ1n) is 8.38. The van der Waals surface area contributed by atoms with Crippen molar-refractivity contribution in [2.75, 3.05) is 40.5 Å². The fraction of sp³-hybridized carbons (Fsp3) is 0.556. The van der Waals surface area contributed by atoms with Crippen molar-refractivity contribution in [1.29, 1.82) is 0 Å². The van der Waals surface area contributed by atoms with Crippen LogP contribution in [0.25, 0.3) is 0 Å². The lowest BCUT2D eigenvalue weighted by molar-refractivity contribution is -0.144. The molecule has 1 amide bonds. The molecule has 7 nitrogen and oxygen atoms in total. The molecule has 7 heteroatoms. The van der Waals surface area contributed by atoms with E-state index in [0.29, 0.717) is 31.9 Å². The number of ether oxygens (including phenoxy) is 4. The lowest BCUT2D eigenvalue weighted by Gasteiger charge is -2.25. The van der Waals surface area contributed by atoms with Gasteiger partial charge in [-0.05, 0) is 37.1 Å². The van der Waals surface area contributed by atoms with Crippen LogP contribution in [0.3, 0.4) is 0 Å². The van der Waals surface area contributed by atoms with E-state index in [1.165, 1.54) is 7.11 Å². The number of nitrogens with zero attached hydrogens (tertiary/aromatic N) is 1. The monoisotopic (exact) mass is 351 g/mol. The average Bonchev–Trinajstić information content (AvgIpc) is 3.18. The number of amides is 1. The quantitative estimate of drug-likeness (QED) is 0.630. The molecular weight excluding hydrogens is 326 g/mol. The van der Waals surface area contributed by atoms with E-state index < -0.39 is 6.10 Å². The Balaban J connectivity index is 1.87. The summed E-state index contributed by atoms with van der Waals surface area (Å²) in [6.07, 6.45) is 1.33. The number of carbonyl (C=O) groups is 2. The summed E-state index contributed by atoms with van der Waals surface area (Å²) < 4.78 is 20.9. The molecule has 2 rings (SSSR count). The summed E-state index contributed by atoms with van der Waals surface area (Å²) in [4.78, 5) is 25.5. The van der Waals surface area contributed by atoms with Crippen molar-refractivity contribution >= 4 is 11.9 Å². The Bertz CT molecular complexity index is 553. The summed E-state index contributed by atoms with van der Waals surface area (Å²) in [5, 5.41) is 0. The van der Waals surface area contributed by atoms with Gasteiger partial charge >= 0.3 is 5.97 Å². The lowest BCUT2D eigenvalue weighted by Crippen LogP contribution is -2.42. The molecule has 1 fully saturated rings. The van der Waals surface area contributed by atoms with Crippen LogP contribution in [0, 0.1) is 0 Å². The van der Waals surface area contributed by atoms with Gasteiger partial charge in [0.25, 0.3) is 5.91 Å². The molecule has 25 heavy (non-hydrogen) atoms. The standard InChI is InChI=1S/C18H25NO6/c1-22-14-5-7-15(8-6-14)24-13-11-19(10-9-17(20)23-2)18(21)16-4-3-12-25-16/h5-8,16H,3-4,9-13H2,1-2H3. The molecule has 1 unspecified atom stereocenters. The molecule has 0 aromatic heterocycles. The Morgan fingerprint density at radius 2 is 1.88 bits per heavy atom. The maximum atomic E-state index is 12.5. The second-order valence-corrected chi connectivity index (χ2v) is 5.68. The minimum atomic E-state index is -0.418. The summed E-state index contributed by atoms with van der Waals surface area (Å²) in [6.45, 7) is 1.59.